The Hall–Kier alpha value is -3.80. The van der Waals surface area contributed by atoms with Gasteiger partial charge >= 0.3 is 0 Å². The van der Waals surface area contributed by atoms with Gasteiger partial charge in [-0.3, -0.25) is 14.4 Å². The van der Waals surface area contributed by atoms with Gasteiger partial charge in [0.2, 0.25) is 5.91 Å². The van der Waals surface area contributed by atoms with Crippen molar-refractivity contribution in [2.24, 2.45) is 0 Å². The first-order valence-electron chi connectivity index (χ1n) is 8.65. The van der Waals surface area contributed by atoms with Gasteiger partial charge in [0, 0.05) is 5.69 Å². The maximum atomic E-state index is 13.2. The maximum Gasteiger partial charge on any atom is 0.266 e. The van der Waals surface area contributed by atoms with Crippen molar-refractivity contribution < 1.29 is 18.8 Å². The van der Waals surface area contributed by atoms with Gasteiger partial charge in [0.25, 0.3) is 11.8 Å². The number of nitrogens with one attached hydrogen (secondary N) is 1. The van der Waals surface area contributed by atoms with E-state index in [9.17, 15) is 18.8 Å². The summed E-state index contributed by atoms with van der Waals surface area (Å²) in [7, 11) is 0. The summed E-state index contributed by atoms with van der Waals surface area (Å²) in [5.74, 6) is -1.45. The molecule has 0 bridgehead atoms. The topological polar surface area (TPSA) is 66.5 Å². The van der Waals surface area contributed by atoms with Crippen molar-refractivity contribution in [3.05, 3.63) is 95.3 Å². The quantitative estimate of drug-likeness (QED) is 0.706. The lowest BCUT2D eigenvalue weighted by atomic mass is 10.1. The van der Waals surface area contributed by atoms with Gasteiger partial charge in [-0.25, -0.2) is 9.29 Å². The lowest BCUT2D eigenvalue weighted by Gasteiger charge is -2.14. The number of hydrogen-bond acceptors (Lipinski definition) is 3. The molecule has 1 aliphatic heterocycles. The van der Waals surface area contributed by atoms with Gasteiger partial charge in [-0.05, 0) is 48.0 Å². The number of carbonyl (C=O) groups excluding carboxylic acids is 3. The third-order valence-corrected chi connectivity index (χ3v) is 4.46. The largest absolute Gasteiger partial charge is 0.326 e. The van der Waals surface area contributed by atoms with Gasteiger partial charge in [0.05, 0.1) is 23.2 Å². The van der Waals surface area contributed by atoms with E-state index in [0.29, 0.717) is 28.1 Å². The molecule has 0 radical (unpaired) electrons. The first-order chi connectivity index (χ1) is 13.5. The fourth-order valence-electron chi connectivity index (χ4n) is 3.14. The van der Waals surface area contributed by atoms with Crippen molar-refractivity contribution in [1.82, 2.24) is 0 Å². The lowest BCUT2D eigenvalue weighted by Crippen LogP contribution is -2.29. The number of benzene rings is 3. The second-order valence-electron chi connectivity index (χ2n) is 6.39. The minimum absolute atomic E-state index is 0.0823. The van der Waals surface area contributed by atoms with E-state index in [1.165, 1.54) is 18.2 Å². The molecule has 1 heterocycles. The highest BCUT2D eigenvalue weighted by Crippen LogP contribution is 2.28. The number of carbonyl (C=O) groups is 3. The minimum Gasteiger partial charge on any atom is -0.326 e. The smallest absolute Gasteiger partial charge is 0.266 e. The van der Waals surface area contributed by atoms with Crippen molar-refractivity contribution >= 4 is 29.1 Å². The monoisotopic (exact) mass is 374 g/mol. The van der Waals surface area contributed by atoms with Gasteiger partial charge < -0.3 is 5.32 Å². The molecule has 1 N–H and O–H groups in total. The number of hydrogen-bond donors (Lipinski definition) is 1. The normalized spacial score (nSPS) is 12.8. The fraction of sp³-hybridized carbons (Fsp3) is 0.0455. The van der Waals surface area contributed by atoms with Crippen molar-refractivity contribution in [2.45, 2.75) is 6.42 Å². The van der Waals surface area contributed by atoms with E-state index >= 15 is 0 Å². The average Bonchev–Trinajstić information content (AvgIpc) is 2.93. The van der Waals surface area contributed by atoms with Crippen LogP contribution in [0.15, 0.2) is 72.8 Å². The van der Waals surface area contributed by atoms with Crippen LogP contribution in [-0.4, -0.2) is 17.7 Å². The molecule has 0 fully saturated rings. The Morgan fingerprint density at radius 1 is 0.857 bits per heavy atom. The zero-order valence-corrected chi connectivity index (χ0v) is 14.7. The molecule has 3 aromatic carbocycles. The molecule has 5 nitrogen and oxygen atoms in total. The van der Waals surface area contributed by atoms with E-state index in [1.807, 2.05) is 0 Å². The Kier molecular flexibility index (Phi) is 4.45. The van der Waals surface area contributed by atoms with E-state index in [-0.39, 0.29) is 24.1 Å². The predicted octanol–water partition coefficient (Wildman–Crippen LogP) is 3.81. The van der Waals surface area contributed by atoms with E-state index in [0.717, 1.165) is 4.90 Å². The number of fused-ring (bicyclic) bond motifs is 1. The standard InChI is InChI=1S/C22H15FN2O3/c23-15-4-3-5-16(13-15)24-20(26)12-14-8-10-17(11-9-14)25-21(27)18-6-1-2-7-19(18)22(25)28/h1-11,13H,12H2,(H,24,26). The SMILES string of the molecule is O=C(Cc1ccc(N2C(=O)c3ccccc3C2=O)cc1)Nc1cccc(F)c1. The van der Waals surface area contributed by atoms with Crippen LogP contribution < -0.4 is 10.2 Å². The summed E-state index contributed by atoms with van der Waals surface area (Å²) in [6.07, 6.45) is 0.0823. The molecule has 0 saturated carbocycles. The van der Waals surface area contributed by atoms with E-state index in [1.54, 1.807) is 54.6 Å². The zero-order chi connectivity index (χ0) is 19.7. The van der Waals surface area contributed by atoms with Gasteiger partial charge in [0.15, 0.2) is 0 Å². The molecule has 0 atom stereocenters. The Labute approximate surface area is 160 Å². The zero-order valence-electron chi connectivity index (χ0n) is 14.7. The minimum atomic E-state index is -0.428. The Bertz CT molecular complexity index is 1060. The van der Waals surface area contributed by atoms with E-state index < -0.39 is 5.82 Å². The van der Waals surface area contributed by atoms with Crippen LogP contribution >= 0.6 is 0 Å². The summed E-state index contributed by atoms with van der Waals surface area (Å²) in [6, 6.07) is 19.0. The summed E-state index contributed by atoms with van der Waals surface area (Å²) in [4.78, 5) is 38.3. The summed E-state index contributed by atoms with van der Waals surface area (Å²) in [6.45, 7) is 0. The molecule has 1 aliphatic rings. The van der Waals surface area contributed by atoms with Crippen LogP contribution in [-0.2, 0) is 11.2 Å². The third-order valence-electron chi connectivity index (χ3n) is 4.46. The molecule has 0 unspecified atom stereocenters. The van der Waals surface area contributed by atoms with Gasteiger partial charge in [-0.1, -0.05) is 30.3 Å². The molecule has 3 aromatic rings. The van der Waals surface area contributed by atoms with Crippen LogP contribution in [0.1, 0.15) is 26.3 Å². The highest BCUT2D eigenvalue weighted by molar-refractivity contribution is 6.34. The molecular weight excluding hydrogens is 359 g/mol. The van der Waals surface area contributed by atoms with Gasteiger partial charge in [-0.2, -0.15) is 0 Å². The van der Waals surface area contributed by atoms with Gasteiger partial charge in [-0.15, -0.1) is 0 Å². The summed E-state index contributed by atoms with van der Waals surface area (Å²) < 4.78 is 13.2. The third kappa shape index (κ3) is 3.27. The number of imide groups is 1. The van der Waals surface area contributed by atoms with Crippen LogP contribution in [0, 0.1) is 5.82 Å². The number of nitrogens with zero attached hydrogens (tertiary/aromatic N) is 1. The van der Waals surface area contributed by atoms with Crippen LogP contribution in [0.2, 0.25) is 0 Å². The Morgan fingerprint density at radius 3 is 2.11 bits per heavy atom. The van der Waals surface area contributed by atoms with E-state index in [4.69, 9.17) is 0 Å². The molecule has 0 aromatic heterocycles. The molecule has 138 valence electrons. The molecule has 28 heavy (non-hydrogen) atoms. The van der Waals surface area contributed by atoms with Crippen molar-refractivity contribution in [1.29, 1.82) is 0 Å². The highest BCUT2D eigenvalue weighted by atomic mass is 19.1. The Morgan fingerprint density at radius 2 is 1.50 bits per heavy atom. The first kappa shape index (κ1) is 17.6. The van der Waals surface area contributed by atoms with Crippen LogP contribution in [0.3, 0.4) is 0 Å². The Balaban J connectivity index is 1.47. The molecule has 3 amide bonds. The number of halogens is 1. The molecular formula is C22H15FN2O3. The van der Waals surface area contributed by atoms with Crippen molar-refractivity contribution in [2.75, 3.05) is 10.2 Å². The number of anilines is 2. The van der Waals surface area contributed by atoms with Crippen LogP contribution in [0.4, 0.5) is 15.8 Å². The molecule has 4 rings (SSSR count). The number of rotatable bonds is 4. The van der Waals surface area contributed by atoms with Crippen molar-refractivity contribution in [3.63, 3.8) is 0 Å². The summed E-state index contributed by atoms with van der Waals surface area (Å²) in [5, 5.41) is 2.63. The predicted molar refractivity (Wildman–Crippen MR) is 103 cm³/mol. The van der Waals surface area contributed by atoms with Gasteiger partial charge in [0.1, 0.15) is 5.82 Å². The molecule has 0 spiro atoms. The van der Waals surface area contributed by atoms with E-state index in [2.05, 4.69) is 5.32 Å². The molecule has 0 aliphatic carbocycles. The van der Waals surface area contributed by atoms with Crippen LogP contribution in [0.5, 0.6) is 0 Å². The lowest BCUT2D eigenvalue weighted by molar-refractivity contribution is -0.115. The van der Waals surface area contributed by atoms with Crippen LogP contribution in [0.25, 0.3) is 0 Å². The number of amides is 3. The second-order valence-corrected chi connectivity index (χ2v) is 6.39. The summed E-state index contributed by atoms with van der Waals surface area (Å²) in [5.41, 5.74) is 2.29. The average molecular weight is 374 g/mol. The highest BCUT2D eigenvalue weighted by Gasteiger charge is 2.36. The maximum absolute atomic E-state index is 13.2. The van der Waals surface area contributed by atoms with Crippen molar-refractivity contribution in [3.8, 4) is 0 Å². The molecule has 0 saturated heterocycles. The second kappa shape index (κ2) is 7.08. The molecule has 6 heteroatoms. The fourth-order valence-corrected chi connectivity index (χ4v) is 3.14. The first-order valence-corrected chi connectivity index (χ1v) is 8.65. The summed E-state index contributed by atoms with van der Waals surface area (Å²) >= 11 is 0.